The zero-order valence-electron chi connectivity index (χ0n) is 16.1. The number of hydrogen-bond acceptors (Lipinski definition) is 5. The Kier molecular flexibility index (Phi) is 6.13. The fraction of sp³-hybridized carbons (Fsp3) is 0.0909. The maximum Gasteiger partial charge on any atom is 0.416 e. The molecule has 9 heteroatoms. The van der Waals surface area contributed by atoms with Gasteiger partial charge in [0.2, 0.25) is 0 Å². The first-order chi connectivity index (χ1) is 14.6. The molecule has 0 aliphatic heterocycles. The summed E-state index contributed by atoms with van der Waals surface area (Å²) >= 11 is 0. The first-order valence-electron chi connectivity index (χ1n) is 8.86. The molecule has 0 bridgehead atoms. The molecule has 2 aromatic carbocycles. The molecule has 0 saturated heterocycles. The molecule has 1 aliphatic carbocycles. The van der Waals surface area contributed by atoms with Gasteiger partial charge in [0.05, 0.1) is 11.1 Å². The van der Waals surface area contributed by atoms with E-state index in [1.165, 1.54) is 19.1 Å². The SMILES string of the molecule is Cc1cc(C(F)(F)F)cc(S(=O)(=O)ON=C2C=CC(=C(C#N)c3ccccc3)C=C2)c1. The molecule has 31 heavy (non-hydrogen) atoms. The second-order valence-corrected chi connectivity index (χ2v) is 8.08. The van der Waals surface area contributed by atoms with Gasteiger partial charge in [-0.05, 0) is 54.0 Å². The second kappa shape index (κ2) is 8.62. The third kappa shape index (κ3) is 5.29. The Bertz CT molecular complexity index is 1250. The van der Waals surface area contributed by atoms with E-state index < -0.39 is 26.8 Å². The predicted octanol–water partition coefficient (Wildman–Crippen LogP) is 5.18. The summed E-state index contributed by atoms with van der Waals surface area (Å²) in [5.74, 6) is 0. The van der Waals surface area contributed by atoms with Crippen LogP contribution in [0.25, 0.3) is 5.57 Å². The number of nitrogens with zero attached hydrogens (tertiary/aromatic N) is 2. The Morgan fingerprint density at radius 2 is 1.68 bits per heavy atom. The van der Waals surface area contributed by atoms with Gasteiger partial charge < -0.3 is 0 Å². The van der Waals surface area contributed by atoms with E-state index in [0.29, 0.717) is 22.8 Å². The van der Waals surface area contributed by atoms with E-state index in [4.69, 9.17) is 0 Å². The smallest absolute Gasteiger partial charge is 0.264 e. The molecule has 2 aromatic rings. The van der Waals surface area contributed by atoms with Crippen molar-refractivity contribution < 1.29 is 25.9 Å². The van der Waals surface area contributed by atoms with E-state index >= 15 is 0 Å². The van der Waals surface area contributed by atoms with Crippen molar-refractivity contribution in [3.05, 3.63) is 95.1 Å². The molecular formula is C22H15F3N2O3S. The van der Waals surface area contributed by atoms with Crippen molar-refractivity contribution in [2.75, 3.05) is 0 Å². The number of hydrogen-bond donors (Lipinski definition) is 0. The van der Waals surface area contributed by atoms with E-state index in [1.54, 1.807) is 36.4 Å². The first-order valence-corrected chi connectivity index (χ1v) is 10.3. The Morgan fingerprint density at radius 3 is 2.26 bits per heavy atom. The lowest BCUT2D eigenvalue weighted by atomic mass is 9.97. The van der Waals surface area contributed by atoms with Crippen molar-refractivity contribution >= 4 is 21.4 Å². The molecule has 0 unspecified atom stereocenters. The number of benzene rings is 2. The summed E-state index contributed by atoms with van der Waals surface area (Å²) in [4.78, 5) is -0.649. The Balaban J connectivity index is 1.83. The third-order valence-electron chi connectivity index (χ3n) is 4.24. The predicted molar refractivity (Wildman–Crippen MR) is 109 cm³/mol. The highest BCUT2D eigenvalue weighted by atomic mass is 32.2. The van der Waals surface area contributed by atoms with Gasteiger partial charge in [-0.3, -0.25) is 4.28 Å². The number of rotatable bonds is 4. The van der Waals surface area contributed by atoms with Crippen molar-refractivity contribution in [2.24, 2.45) is 5.16 Å². The van der Waals surface area contributed by atoms with E-state index in [-0.39, 0.29) is 11.3 Å². The van der Waals surface area contributed by atoms with Crippen LogP contribution in [0.15, 0.2) is 88.5 Å². The molecule has 3 rings (SSSR count). The molecule has 0 atom stereocenters. The van der Waals surface area contributed by atoms with Gasteiger partial charge in [-0.15, -0.1) is 0 Å². The molecule has 0 spiro atoms. The first kappa shape index (κ1) is 22.1. The van der Waals surface area contributed by atoms with Crippen molar-refractivity contribution in [1.82, 2.24) is 0 Å². The van der Waals surface area contributed by atoms with Gasteiger partial charge in [0.15, 0.2) is 0 Å². The molecule has 158 valence electrons. The molecular weight excluding hydrogens is 429 g/mol. The molecule has 5 nitrogen and oxygen atoms in total. The van der Waals surface area contributed by atoms with Crippen LogP contribution in [0.5, 0.6) is 0 Å². The number of nitriles is 1. The largest absolute Gasteiger partial charge is 0.416 e. The quantitative estimate of drug-likeness (QED) is 0.481. The molecule has 1 aliphatic rings. The lowest BCUT2D eigenvalue weighted by molar-refractivity contribution is -0.137. The minimum absolute atomic E-state index is 0.112. The lowest BCUT2D eigenvalue weighted by Crippen LogP contribution is -2.10. The van der Waals surface area contributed by atoms with Crippen LogP contribution in [0.1, 0.15) is 16.7 Å². The minimum atomic E-state index is -4.70. The number of allylic oxidation sites excluding steroid dienone is 6. The van der Waals surface area contributed by atoms with Crippen LogP contribution in [0.2, 0.25) is 0 Å². The van der Waals surface area contributed by atoms with Gasteiger partial charge in [-0.2, -0.15) is 26.9 Å². The standard InChI is InChI=1S/C22H15F3N2O3S/c1-15-11-18(22(23,24)25)13-20(12-15)31(28,29)30-27-19-9-7-17(8-10-19)21(14-26)16-5-3-2-4-6-16/h2-13H,1H3. The van der Waals surface area contributed by atoms with Crippen LogP contribution >= 0.6 is 0 Å². The maximum atomic E-state index is 13.0. The van der Waals surface area contributed by atoms with Crippen molar-refractivity contribution in [1.29, 1.82) is 5.26 Å². The average Bonchev–Trinajstić information content (AvgIpc) is 2.73. The molecule has 0 fully saturated rings. The van der Waals surface area contributed by atoms with Crippen molar-refractivity contribution in [2.45, 2.75) is 18.0 Å². The fourth-order valence-corrected chi connectivity index (χ4v) is 3.65. The number of halogens is 3. The number of alkyl halides is 3. The summed E-state index contributed by atoms with van der Waals surface area (Å²) in [5, 5.41) is 13.0. The van der Waals surface area contributed by atoms with Gasteiger partial charge >= 0.3 is 16.3 Å². The summed E-state index contributed by atoms with van der Waals surface area (Å²) in [6.07, 6.45) is 1.30. The topological polar surface area (TPSA) is 79.5 Å². The van der Waals surface area contributed by atoms with Crippen molar-refractivity contribution in [3.63, 3.8) is 0 Å². The van der Waals surface area contributed by atoms with Crippen LogP contribution in [0.4, 0.5) is 13.2 Å². The Hall–Kier alpha value is -3.64. The van der Waals surface area contributed by atoms with Gasteiger partial charge in [0.1, 0.15) is 16.7 Å². The zero-order chi connectivity index (χ0) is 22.6. The molecule has 0 aromatic heterocycles. The van der Waals surface area contributed by atoms with Crippen LogP contribution in [-0.4, -0.2) is 14.1 Å². The van der Waals surface area contributed by atoms with E-state index in [1.807, 2.05) is 6.07 Å². The second-order valence-electron chi connectivity index (χ2n) is 6.55. The van der Waals surface area contributed by atoms with Gasteiger partial charge in [-0.25, -0.2) is 0 Å². The molecule has 0 radical (unpaired) electrons. The Labute approximate surface area is 177 Å². The average molecular weight is 444 g/mol. The van der Waals surface area contributed by atoms with Gasteiger partial charge in [0.25, 0.3) is 0 Å². The van der Waals surface area contributed by atoms with E-state index in [0.717, 1.165) is 12.1 Å². The van der Waals surface area contributed by atoms with E-state index in [9.17, 15) is 26.9 Å². The highest BCUT2D eigenvalue weighted by Gasteiger charge is 2.32. The van der Waals surface area contributed by atoms with Crippen LogP contribution in [0, 0.1) is 18.3 Å². The molecule has 0 heterocycles. The summed E-state index contributed by atoms with van der Waals surface area (Å²) in [6, 6.07) is 13.5. The molecule has 0 amide bonds. The number of aryl methyl sites for hydroxylation is 1. The summed E-state index contributed by atoms with van der Waals surface area (Å²) in [5.41, 5.74) is 0.847. The summed E-state index contributed by atoms with van der Waals surface area (Å²) < 4.78 is 68.1. The maximum absolute atomic E-state index is 13.0. The molecule has 0 N–H and O–H groups in total. The minimum Gasteiger partial charge on any atom is -0.264 e. The zero-order valence-corrected chi connectivity index (χ0v) is 16.9. The van der Waals surface area contributed by atoms with Crippen molar-refractivity contribution in [3.8, 4) is 6.07 Å². The third-order valence-corrected chi connectivity index (χ3v) is 5.32. The Morgan fingerprint density at radius 1 is 1.03 bits per heavy atom. The van der Waals surface area contributed by atoms with Crippen LogP contribution < -0.4 is 0 Å². The normalized spacial score (nSPS) is 13.6. The highest BCUT2D eigenvalue weighted by molar-refractivity contribution is 7.86. The summed E-state index contributed by atoms with van der Waals surface area (Å²) in [6.45, 7) is 1.35. The lowest BCUT2D eigenvalue weighted by Gasteiger charge is -2.10. The number of oxime groups is 1. The monoisotopic (exact) mass is 444 g/mol. The fourth-order valence-electron chi connectivity index (χ4n) is 2.78. The summed E-state index contributed by atoms with van der Waals surface area (Å²) in [7, 11) is -4.56. The highest BCUT2D eigenvalue weighted by Crippen LogP contribution is 2.32. The van der Waals surface area contributed by atoms with Gasteiger partial charge in [-0.1, -0.05) is 47.6 Å². The van der Waals surface area contributed by atoms with Gasteiger partial charge in [0, 0.05) is 0 Å². The van der Waals surface area contributed by atoms with Crippen LogP contribution in [0.3, 0.4) is 0 Å². The van der Waals surface area contributed by atoms with Crippen LogP contribution in [-0.2, 0) is 20.6 Å². The van der Waals surface area contributed by atoms with E-state index in [2.05, 4.69) is 15.5 Å². The molecule has 0 saturated carbocycles.